The molecule has 6 heteroatoms. The van der Waals surface area contributed by atoms with Crippen molar-refractivity contribution >= 4 is 21.8 Å². The minimum atomic E-state index is 0. The fourth-order valence-corrected chi connectivity index (χ4v) is 8.31. The molecule has 0 bridgehead atoms. The predicted octanol–water partition coefficient (Wildman–Crippen LogP) is 12.3. The van der Waals surface area contributed by atoms with Crippen LogP contribution in [-0.4, -0.2) is 19.3 Å². The Labute approximate surface area is 324 Å². The molecule has 0 amide bonds. The van der Waals surface area contributed by atoms with Gasteiger partial charge in [-0.05, 0) is 91.1 Å². The van der Waals surface area contributed by atoms with Crippen molar-refractivity contribution in [2.45, 2.75) is 101 Å². The predicted molar refractivity (Wildman–Crippen MR) is 211 cm³/mol. The number of fused-ring (bicyclic) bond motifs is 3. The zero-order valence-corrected chi connectivity index (χ0v) is 34.9. The number of hydrogen-bond donors (Lipinski definition) is 0. The van der Waals surface area contributed by atoms with E-state index in [4.69, 9.17) is 14.8 Å². The second kappa shape index (κ2) is 14.1. The molecular weight excluding hydrogens is 820 g/mol. The van der Waals surface area contributed by atoms with Crippen LogP contribution in [0.25, 0.3) is 33.3 Å². The minimum absolute atomic E-state index is 0. The Morgan fingerprint density at radius 2 is 1.62 bits per heavy atom. The summed E-state index contributed by atoms with van der Waals surface area (Å²) in [5.41, 5.74) is 10.6. The van der Waals surface area contributed by atoms with Crippen molar-refractivity contribution in [1.29, 1.82) is 0 Å². The summed E-state index contributed by atoms with van der Waals surface area (Å²) < 4.78 is 11.0. The maximum absolute atomic E-state index is 6.67. The van der Waals surface area contributed by atoms with Crippen molar-refractivity contribution in [2.24, 2.45) is 16.7 Å². The topological polar surface area (TPSA) is 44.9 Å². The molecule has 1 aliphatic carbocycles. The molecule has 0 aliphatic heterocycles. The van der Waals surface area contributed by atoms with Crippen molar-refractivity contribution in [2.75, 3.05) is 0 Å². The molecule has 1 aliphatic rings. The van der Waals surface area contributed by atoms with E-state index in [1.54, 1.807) is 0 Å². The van der Waals surface area contributed by atoms with Crippen molar-refractivity contribution < 1.29 is 25.8 Å². The largest absolute Gasteiger partial charge is 2.00 e. The van der Waals surface area contributed by atoms with Gasteiger partial charge in [-0.1, -0.05) is 90.8 Å². The molecule has 3 aromatic carbocycles. The third-order valence-corrected chi connectivity index (χ3v) is 10.9. The maximum Gasteiger partial charge on any atom is 2.00 e. The van der Waals surface area contributed by atoms with E-state index in [1.165, 1.54) is 28.8 Å². The molecule has 7 rings (SSSR count). The summed E-state index contributed by atoms with van der Waals surface area (Å²) in [5, 5.41) is 7.51. The molecule has 0 fully saturated rings. The number of hydrogen-bond acceptors (Lipinski definition) is 3. The van der Waals surface area contributed by atoms with E-state index in [-0.39, 0.29) is 37.8 Å². The molecule has 272 valence electrons. The third-order valence-electron chi connectivity index (χ3n) is 10.9. The zero-order chi connectivity index (χ0) is 36.4. The summed E-state index contributed by atoms with van der Waals surface area (Å²) >= 11 is 0. The molecule has 0 saturated carbocycles. The second-order valence-electron chi connectivity index (χ2n) is 17.0. The number of allylic oxidation sites excluding steroid dienone is 2. The molecule has 1 unspecified atom stereocenters. The first-order valence-electron chi connectivity index (χ1n) is 18.5. The van der Waals surface area contributed by atoms with Crippen molar-refractivity contribution in [3.63, 3.8) is 0 Å². The van der Waals surface area contributed by atoms with Gasteiger partial charge in [0.2, 0.25) is 0 Å². The molecule has 6 aromatic rings. The van der Waals surface area contributed by atoms with Crippen LogP contribution in [0.15, 0.2) is 78.5 Å². The van der Waals surface area contributed by atoms with Crippen molar-refractivity contribution in [3.8, 4) is 23.0 Å². The van der Waals surface area contributed by atoms with Gasteiger partial charge in [0.1, 0.15) is 5.82 Å². The van der Waals surface area contributed by atoms with Crippen LogP contribution < -0.4 is 4.74 Å². The molecule has 3 heterocycles. The molecule has 0 spiro atoms. The monoisotopic (exact) mass is 871 g/mol. The average Bonchev–Trinajstić information content (AvgIpc) is 3.55. The first-order valence-corrected chi connectivity index (χ1v) is 18.5. The number of rotatable bonds is 6. The molecule has 0 saturated heterocycles. The minimum Gasteiger partial charge on any atom is -0.509 e. The van der Waals surface area contributed by atoms with Crippen LogP contribution in [-0.2, 0) is 21.1 Å². The number of pyridine rings is 1. The van der Waals surface area contributed by atoms with Crippen LogP contribution in [0.4, 0.5) is 0 Å². The van der Waals surface area contributed by atoms with Crippen molar-refractivity contribution in [3.05, 3.63) is 119 Å². The molecule has 3 aromatic heterocycles. The normalized spacial score (nSPS) is 16.7. The maximum atomic E-state index is 6.67. The standard InChI is InChI=1S/C46H52N4O.Pt/c1-28(2)32-24-33(50-31(5)43(30(4)48-50)44-38(45(6,7)8)16-14-17-39(44)46(9,10)11)26-35(25-32)51-34-19-20-37-36-15-12-13-18-40(36)49(41(37)27-34)42-23-29(3)21-22-47-42;/h12-13,15-16,18-25,28,39,44H,14,17H2,1-11H3;/q-2;+2/t39-,44?;/m0./s1. The Morgan fingerprint density at radius 3 is 2.31 bits per heavy atom. The zero-order valence-electron chi connectivity index (χ0n) is 32.6. The molecule has 5 nitrogen and oxygen atoms in total. The second-order valence-corrected chi connectivity index (χ2v) is 17.0. The number of nitrogens with zero attached hydrogens (tertiary/aromatic N) is 4. The van der Waals surface area contributed by atoms with Gasteiger partial charge in [0, 0.05) is 40.4 Å². The van der Waals surface area contributed by atoms with Crippen LogP contribution >= 0.6 is 0 Å². The Morgan fingerprint density at radius 1 is 0.865 bits per heavy atom. The van der Waals surface area contributed by atoms with Gasteiger partial charge in [0.15, 0.2) is 0 Å². The van der Waals surface area contributed by atoms with Crippen LogP contribution in [0.3, 0.4) is 0 Å². The van der Waals surface area contributed by atoms with E-state index in [0.29, 0.717) is 23.3 Å². The van der Waals surface area contributed by atoms with E-state index in [1.807, 2.05) is 18.3 Å². The number of aromatic nitrogens is 4. The molecule has 0 radical (unpaired) electrons. The molecular formula is C46H52N4OPt. The Hall–Kier alpha value is -3.95. The number of ether oxygens (including phenoxy) is 1. The molecule has 2 atom stereocenters. The van der Waals surface area contributed by atoms with E-state index >= 15 is 0 Å². The van der Waals surface area contributed by atoms with E-state index in [2.05, 4.69) is 152 Å². The molecule has 0 N–H and O–H groups in total. The number of aryl methyl sites for hydroxylation is 2. The van der Waals surface area contributed by atoms with Gasteiger partial charge in [0.05, 0.1) is 5.69 Å². The SMILES string of the molecule is Cc1ccnc(-n2c3[c-]c(Oc4[c-]c(-n5nc(C)c(C6C(C(C)(C)C)=CCC[C@@H]6C(C)(C)C)c5C)cc(C(C)C)c4)ccc3c3ccccc32)c1.[Pt+2]. The summed E-state index contributed by atoms with van der Waals surface area (Å²) in [4.78, 5) is 4.74. The number of para-hydroxylation sites is 1. The van der Waals surface area contributed by atoms with Gasteiger partial charge in [-0.15, -0.1) is 41.3 Å². The van der Waals surface area contributed by atoms with Crippen LogP contribution in [0.5, 0.6) is 11.5 Å². The summed E-state index contributed by atoms with van der Waals surface area (Å²) in [6.45, 7) is 25.2. The Kier molecular flexibility index (Phi) is 10.3. The smallest absolute Gasteiger partial charge is 0.509 e. The summed E-state index contributed by atoms with van der Waals surface area (Å²) in [5.74, 6) is 3.27. The summed E-state index contributed by atoms with van der Waals surface area (Å²) in [6, 6.07) is 28.3. The average molecular weight is 872 g/mol. The summed E-state index contributed by atoms with van der Waals surface area (Å²) in [7, 11) is 0. The fourth-order valence-electron chi connectivity index (χ4n) is 8.31. The van der Waals surface area contributed by atoms with Crippen molar-refractivity contribution in [1.82, 2.24) is 19.3 Å². The van der Waals surface area contributed by atoms with E-state index in [0.717, 1.165) is 51.0 Å². The van der Waals surface area contributed by atoms with Crippen LogP contribution in [0, 0.1) is 49.7 Å². The van der Waals surface area contributed by atoms with Crippen LogP contribution in [0.1, 0.15) is 108 Å². The van der Waals surface area contributed by atoms with Gasteiger partial charge in [0.25, 0.3) is 0 Å². The quantitative estimate of drug-likeness (QED) is 0.124. The van der Waals surface area contributed by atoms with Gasteiger partial charge >= 0.3 is 21.1 Å². The summed E-state index contributed by atoms with van der Waals surface area (Å²) in [6.07, 6.45) is 6.70. The Bertz CT molecular complexity index is 2290. The van der Waals surface area contributed by atoms with Gasteiger partial charge < -0.3 is 9.30 Å². The van der Waals surface area contributed by atoms with Gasteiger partial charge in [-0.25, -0.2) is 4.98 Å². The van der Waals surface area contributed by atoms with E-state index < -0.39 is 0 Å². The van der Waals surface area contributed by atoms with Crippen LogP contribution in [0.2, 0.25) is 0 Å². The van der Waals surface area contributed by atoms with E-state index in [9.17, 15) is 0 Å². The Balaban J connectivity index is 0.00000464. The first kappa shape index (κ1) is 37.8. The number of benzene rings is 3. The fraction of sp³-hybridized carbons (Fsp3) is 0.391. The van der Waals surface area contributed by atoms with Gasteiger partial charge in [-0.3, -0.25) is 4.68 Å². The third kappa shape index (κ3) is 6.94. The molecule has 52 heavy (non-hydrogen) atoms. The van der Waals surface area contributed by atoms with Gasteiger partial charge in [-0.2, -0.15) is 11.2 Å². The first-order chi connectivity index (χ1) is 24.1.